The number of aromatic nitrogens is 3. The van der Waals surface area contributed by atoms with Gasteiger partial charge >= 0.3 is 5.69 Å². The molecule has 1 fully saturated rings. The topological polar surface area (TPSA) is 88.1 Å². The molecule has 31 heavy (non-hydrogen) atoms. The molecule has 5 rings (SSSR count). The zero-order valence-electron chi connectivity index (χ0n) is 18.0. The molecule has 1 N–H and O–H groups in total. The molecule has 1 atom stereocenters. The molecule has 0 spiro atoms. The van der Waals surface area contributed by atoms with Crippen molar-refractivity contribution >= 4 is 22.6 Å². The van der Waals surface area contributed by atoms with Gasteiger partial charge in [0.05, 0.1) is 10.9 Å². The van der Waals surface area contributed by atoms with Gasteiger partial charge in [0.25, 0.3) is 11.5 Å². The van der Waals surface area contributed by atoms with E-state index in [4.69, 9.17) is 4.98 Å². The minimum atomic E-state index is -0.557. The summed E-state index contributed by atoms with van der Waals surface area (Å²) in [5, 5.41) is 0.200. The first-order valence-electron chi connectivity index (χ1n) is 10.9. The van der Waals surface area contributed by atoms with Crippen LogP contribution in [0.2, 0.25) is 0 Å². The van der Waals surface area contributed by atoms with Gasteiger partial charge in [-0.2, -0.15) is 0 Å². The fourth-order valence-electron chi connectivity index (χ4n) is 4.59. The summed E-state index contributed by atoms with van der Waals surface area (Å²) in [7, 11) is 0. The maximum atomic E-state index is 13.9. The summed E-state index contributed by atoms with van der Waals surface area (Å²) < 4.78 is 1.51. The summed E-state index contributed by atoms with van der Waals surface area (Å²) in [4.78, 5) is 48.3. The third kappa shape index (κ3) is 3.28. The van der Waals surface area contributed by atoms with Crippen LogP contribution in [0.5, 0.6) is 0 Å². The van der Waals surface area contributed by atoms with E-state index in [1.54, 1.807) is 11.0 Å². The van der Waals surface area contributed by atoms with E-state index in [-0.39, 0.29) is 29.2 Å². The molecule has 3 heterocycles. The first kappa shape index (κ1) is 19.7. The van der Waals surface area contributed by atoms with Gasteiger partial charge in [-0.25, -0.2) is 9.78 Å². The molecule has 1 saturated carbocycles. The molecule has 0 radical (unpaired) electrons. The van der Waals surface area contributed by atoms with Gasteiger partial charge in [-0.3, -0.25) is 19.1 Å². The van der Waals surface area contributed by atoms with Crippen LogP contribution in [0.25, 0.3) is 11.0 Å². The Morgan fingerprint density at radius 3 is 2.68 bits per heavy atom. The number of benzene rings is 1. The van der Waals surface area contributed by atoms with E-state index < -0.39 is 11.2 Å². The van der Waals surface area contributed by atoms with Gasteiger partial charge in [0.15, 0.2) is 5.65 Å². The van der Waals surface area contributed by atoms with Gasteiger partial charge in [0, 0.05) is 29.9 Å². The average molecular weight is 418 g/mol. The van der Waals surface area contributed by atoms with Crippen molar-refractivity contribution in [1.29, 1.82) is 0 Å². The molecular weight excluding hydrogens is 392 g/mol. The number of anilines is 1. The number of pyridine rings is 1. The number of carbonyl (C=O) groups is 1. The lowest BCUT2D eigenvalue weighted by molar-refractivity contribution is 0.0983. The summed E-state index contributed by atoms with van der Waals surface area (Å²) in [5.41, 5.74) is 2.39. The number of para-hydroxylation sites is 1. The predicted molar refractivity (Wildman–Crippen MR) is 120 cm³/mol. The highest BCUT2D eigenvalue weighted by atomic mass is 16.2. The van der Waals surface area contributed by atoms with Crippen LogP contribution in [0.4, 0.5) is 5.69 Å². The Bertz CT molecular complexity index is 1320. The number of nitrogens with one attached hydrogen (secondary N) is 1. The molecule has 3 aromatic rings. The van der Waals surface area contributed by atoms with Crippen LogP contribution in [0.3, 0.4) is 0 Å². The minimum absolute atomic E-state index is 0.0156. The molecule has 7 heteroatoms. The molecule has 2 aliphatic rings. The van der Waals surface area contributed by atoms with Crippen LogP contribution < -0.4 is 16.1 Å². The van der Waals surface area contributed by atoms with E-state index in [2.05, 4.69) is 4.98 Å². The fraction of sp³-hybridized carbons (Fsp3) is 0.417. The smallest absolute Gasteiger partial charge is 0.305 e. The number of hydrogen-bond acceptors (Lipinski definition) is 4. The molecular formula is C24H26N4O3. The Hall–Kier alpha value is -3.22. The molecule has 1 aromatic carbocycles. The number of H-pyrrole nitrogens is 1. The highest BCUT2D eigenvalue weighted by Gasteiger charge is 2.35. The first-order chi connectivity index (χ1) is 14.8. The zero-order valence-corrected chi connectivity index (χ0v) is 18.0. The number of carbonyl (C=O) groups excluding carboxylic acids is 1. The maximum absolute atomic E-state index is 13.9. The lowest BCUT2D eigenvalue weighted by atomic mass is 10.1. The van der Waals surface area contributed by atoms with Crippen molar-refractivity contribution < 1.29 is 4.79 Å². The summed E-state index contributed by atoms with van der Waals surface area (Å²) >= 11 is 0. The largest absolute Gasteiger partial charge is 0.330 e. The average Bonchev–Trinajstić information content (AvgIpc) is 3.51. The number of nitrogens with zero attached hydrogens (tertiary/aromatic N) is 3. The van der Waals surface area contributed by atoms with Crippen molar-refractivity contribution in [2.24, 2.45) is 5.92 Å². The highest BCUT2D eigenvalue weighted by Crippen LogP contribution is 2.40. The van der Waals surface area contributed by atoms with Crippen molar-refractivity contribution in [3.8, 4) is 0 Å². The van der Waals surface area contributed by atoms with Crippen molar-refractivity contribution in [3.63, 3.8) is 0 Å². The Balaban J connectivity index is 1.76. The van der Waals surface area contributed by atoms with Gasteiger partial charge in [-0.1, -0.05) is 32.0 Å². The van der Waals surface area contributed by atoms with E-state index in [0.717, 1.165) is 36.2 Å². The Labute approximate surface area is 179 Å². The molecule has 1 amide bonds. The second kappa shape index (κ2) is 7.18. The second-order valence-electron chi connectivity index (χ2n) is 9.19. The Kier molecular flexibility index (Phi) is 4.57. The minimum Gasteiger partial charge on any atom is -0.305 e. The number of amides is 1. The third-order valence-electron chi connectivity index (χ3n) is 6.17. The van der Waals surface area contributed by atoms with E-state index in [1.165, 1.54) is 4.57 Å². The van der Waals surface area contributed by atoms with Crippen molar-refractivity contribution in [2.45, 2.75) is 58.5 Å². The van der Waals surface area contributed by atoms with Gasteiger partial charge in [-0.05, 0) is 49.8 Å². The van der Waals surface area contributed by atoms with Crippen LogP contribution in [0, 0.1) is 5.92 Å². The van der Waals surface area contributed by atoms with Crippen LogP contribution >= 0.6 is 0 Å². The monoisotopic (exact) mass is 418 g/mol. The van der Waals surface area contributed by atoms with Crippen LogP contribution in [-0.4, -0.2) is 26.5 Å². The number of fused-ring (bicyclic) bond motifs is 2. The molecule has 1 unspecified atom stereocenters. The van der Waals surface area contributed by atoms with Gasteiger partial charge in [-0.15, -0.1) is 0 Å². The van der Waals surface area contributed by atoms with Crippen LogP contribution in [0.15, 0.2) is 39.9 Å². The summed E-state index contributed by atoms with van der Waals surface area (Å²) in [6.07, 6.45) is 2.79. The van der Waals surface area contributed by atoms with Crippen molar-refractivity contribution in [3.05, 3.63) is 68.0 Å². The summed E-state index contributed by atoms with van der Waals surface area (Å²) in [5.74, 6) is 0.246. The van der Waals surface area contributed by atoms with Crippen LogP contribution in [-0.2, 0) is 13.0 Å². The summed E-state index contributed by atoms with van der Waals surface area (Å²) in [6, 6.07) is 9.63. The second-order valence-corrected chi connectivity index (χ2v) is 9.19. The number of aromatic amines is 1. The number of rotatable bonds is 4. The van der Waals surface area contributed by atoms with Crippen molar-refractivity contribution in [2.75, 3.05) is 4.90 Å². The SMILES string of the molecule is CC(C)Cn1c(=O)[nH]c(=O)c2c(C(=O)N3c4ccccc4CC3C)cc(C3CC3)nc21. The normalized spacial score (nSPS) is 18.1. The molecule has 0 saturated heterocycles. The van der Waals surface area contributed by atoms with Crippen LogP contribution in [0.1, 0.15) is 61.1 Å². The van der Waals surface area contributed by atoms with Gasteiger partial charge < -0.3 is 4.90 Å². The first-order valence-corrected chi connectivity index (χ1v) is 10.9. The van der Waals surface area contributed by atoms with E-state index >= 15 is 0 Å². The fourth-order valence-corrected chi connectivity index (χ4v) is 4.59. The molecule has 160 valence electrons. The Morgan fingerprint density at radius 2 is 1.97 bits per heavy atom. The molecule has 7 nitrogen and oxygen atoms in total. The van der Waals surface area contributed by atoms with E-state index in [9.17, 15) is 14.4 Å². The lowest BCUT2D eigenvalue weighted by Gasteiger charge is -2.24. The molecule has 1 aliphatic carbocycles. The molecule has 0 bridgehead atoms. The number of hydrogen-bond donors (Lipinski definition) is 1. The van der Waals surface area contributed by atoms with Gasteiger partial charge in [0.2, 0.25) is 0 Å². The van der Waals surface area contributed by atoms with Gasteiger partial charge in [0.1, 0.15) is 0 Å². The summed E-state index contributed by atoms with van der Waals surface area (Å²) in [6.45, 7) is 6.44. The van der Waals surface area contributed by atoms with E-state index in [0.29, 0.717) is 17.8 Å². The quantitative estimate of drug-likeness (QED) is 0.705. The Morgan fingerprint density at radius 1 is 1.23 bits per heavy atom. The standard InChI is InChI=1S/C24H26N4O3/c1-13(2)12-27-21-20(22(29)26-24(27)31)17(11-18(25-21)15-8-9-15)23(30)28-14(3)10-16-6-4-5-7-19(16)28/h4-7,11,13-15H,8-10,12H2,1-3H3,(H,26,29,31). The maximum Gasteiger partial charge on any atom is 0.330 e. The van der Waals surface area contributed by atoms with E-state index in [1.807, 2.05) is 45.0 Å². The predicted octanol–water partition coefficient (Wildman–Crippen LogP) is 3.21. The lowest BCUT2D eigenvalue weighted by Crippen LogP contribution is -2.38. The third-order valence-corrected chi connectivity index (χ3v) is 6.17. The van der Waals surface area contributed by atoms with Crippen molar-refractivity contribution in [1.82, 2.24) is 14.5 Å². The zero-order chi connectivity index (χ0) is 21.9. The molecule has 1 aliphatic heterocycles. The molecule has 2 aromatic heterocycles. The highest BCUT2D eigenvalue weighted by molar-refractivity contribution is 6.14.